The van der Waals surface area contributed by atoms with Crippen LogP contribution in [0.5, 0.6) is 0 Å². The summed E-state index contributed by atoms with van der Waals surface area (Å²) in [5, 5.41) is 11.7. The van der Waals surface area contributed by atoms with Crippen LogP contribution in [0.15, 0.2) is 30.3 Å². The van der Waals surface area contributed by atoms with E-state index in [9.17, 15) is 5.11 Å². The minimum atomic E-state index is -0.689. The molecular weight excluding hydrogens is 316 g/mol. The highest BCUT2D eigenvalue weighted by molar-refractivity contribution is 7.99. The van der Waals surface area contributed by atoms with Crippen LogP contribution < -0.4 is 0 Å². The quantitative estimate of drug-likeness (QED) is 0.910. The zero-order valence-corrected chi connectivity index (χ0v) is 15.4. The van der Waals surface area contributed by atoms with Crippen molar-refractivity contribution in [1.29, 1.82) is 0 Å². The lowest BCUT2D eigenvalue weighted by Crippen LogP contribution is -2.62. The van der Waals surface area contributed by atoms with E-state index in [4.69, 9.17) is 0 Å². The molecule has 0 saturated carbocycles. The molecule has 1 aromatic rings. The van der Waals surface area contributed by atoms with Gasteiger partial charge in [0.1, 0.15) is 5.60 Å². The van der Waals surface area contributed by atoms with Gasteiger partial charge >= 0.3 is 0 Å². The molecule has 3 heterocycles. The van der Waals surface area contributed by atoms with Gasteiger partial charge in [-0.25, -0.2) is 0 Å². The smallest absolute Gasteiger partial charge is 0.108 e. The van der Waals surface area contributed by atoms with Crippen LogP contribution in [-0.2, 0) is 5.60 Å². The van der Waals surface area contributed by atoms with E-state index in [-0.39, 0.29) is 6.04 Å². The van der Waals surface area contributed by atoms with E-state index in [2.05, 4.69) is 45.8 Å². The molecule has 0 aliphatic carbocycles. The van der Waals surface area contributed by atoms with Crippen LogP contribution in [0.3, 0.4) is 0 Å². The third-order valence-corrected chi connectivity index (χ3v) is 7.35. The van der Waals surface area contributed by atoms with Gasteiger partial charge in [0, 0.05) is 19.1 Å². The van der Waals surface area contributed by atoms with E-state index in [0.717, 1.165) is 44.2 Å². The Balaban J connectivity index is 1.58. The second-order valence-corrected chi connectivity index (χ2v) is 8.86. The van der Waals surface area contributed by atoms with Crippen molar-refractivity contribution in [2.75, 3.05) is 37.7 Å². The Kier molecular flexibility index (Phi) is 5.18. The normalized spacial score (nSPS) is 33.8. The number of hydrogen-bond acceptors (Lipinski definition) is 4. The summed E-state index contributed by atoms with van der Waals surface area (Å²) in [5.74, 6) is 2.61. The van der Waals surface area contributed by atoms with E-state index in [1.807, 2.05) is 6.07 Å². The maximum absolute atomic E-state index is 11.7. The summed E-state index contributed by atoms with van der Waals surface area (Å²) in [6.07, 6.45) is 6.06. The number of aliphatic hydroxyl groups is 1. The highest BCUT2D eigenvalue weighted by atomic mass is 32.2. The molecule has 24 heavy (non-hydrogen) atoms. The average Bonchev–Trinajstić information content (AvgIpc) is 3.18. The summed E-state index contributed by atoms with van der Waals surface area (Å²) in [5.41, 5.74) is 0.423. The van der Waals surface area contributed by atoms with E-state index in [0.29, 0.717) is 0 Å². The number of likely N-dealkylation sites (tertiary alicyclic amines) is 2. The summed E-state index contributed by atoms with van der Waals surface area (Å²) in [7, 11) is 0. The van der Waals surface area contributed by atoms with Gasteiger partial charge in [0.25, 0.3) is 0 Å². The first-order valence-corrected chi connectivity index (χ1v) is 10.8. The molecule has 0 aromatic heterocycles. The Labute approximate surface area is 150 Å². The predicted octanol–water partition coefficient (Wildman–Crippen LogP) is 2.94. The van der Waals surface area contributed by atoms with Crippen molar-refractivity contribution in [3.63, 3.8) is 0 Å². The fraction of sp³-hybridized carbons (Fsp3) is 0.700. The maximum Gasteiger partial charge on any atom is 0.108 e. The van der Waals surface area contributed by atoms with Crippen molar-refractivity contribution >= 4 is 11.8 Å². The Bertz CT molecular complexity index is 528. The number of hydrogen-bond donors (Lipinski definition) is 1. The topological polar surface area (TPSA) is 26.7 Å². The lowest BCUT2D eigenvalue weighted by Gasteiger charge is -2.51. The molecule has 132 valence electrons. The standard InChI is InChI=1S/C20H30N2OS/c23-20(17-6-2-1-3-7-17)10-13-22(18-8-14-24-15-9-18)16-19(20)21-11-4-5-12-21/h1-3,6-7,18-19,23H,4-5,8-16H2/t19-,20+/m1/s1. The van der Waals surface area contributed by atoms with Crippen molar-refractivity contribution < 1.29 is 5.11 Å². The van der Waals surface area contributed by atoms with Crippen LogP contribution in [0.2, 0.25) is 0 Å². The molecule has 2 atom stereocenters. The maximum atomic E-state index is 11.7. The van der Waals surface area contributed by atoms with Gasteiger partial charge in [-0.3, -0.25) is 9.80 Å². The van der Waals surface area contributed by atoms with Crippen molar-refractivity contribution in [2.24, 2.45) is 0 Å². The van der Waals surface area contributed by atoms with Crippen LogP contribution in [0.1, 0.15) is 37.7 Å². The highest BCUT2D eigenvalue weighted by Crippen LogP contribution is 2.39. The molecule has 3 aliphatic heterocycles. The molecule has 0 spiro atoms. The average molecular weight is 347 g/mol. The van der Waals surface area contributed by atoms with Gasteiger partial charge < -0.3 is 5.11 Å². The predicted molar refractivity (Wildman–Crippen MR) is 101 cm³/mol. The Morgan fingerprint density at radius 2 is 1.67 bits per heavy atom. The summed E-state index contributed by atoms with van der Waals surface area (Å²) < 4.78 is 0. The Morgan fingerprint density at radius 1 is 0.958 bits per heavy atom. The highest BCUT2D eigenvalue weighted by Gasteiger charge is 2.47. The minimum Gasteiger partial charge on any atom is -0.383 e. The van der Waals surface area contributed by atoms with E-state index in [1.165, 1.54) is 37.2 Å². The second kappa shape index (κ2) is 7.36. The minimum absolute atomic E-state index is 0.241. The summed E-state index contributed by atoms with van der Waals surface area (Å²) >= 11 is 2.10. The fourth-order valence-electron chi connectivity index (χ4n) is 4.86. The van der Waals surface area contributed by atoms with Crippen molar-refractivity contribution in [1.82, 2.24) is 9.80 Å². The lowest BCUT2D eigenvalue weighted by molar-refractivity contribution is -0.102. The lowest BCUT2D eigenvalue weighted by atomic mass is 9.79. The van der Waals surface area contributed by atoms with Crippen molar-refractivity contribution in [2.45, 2.75) is 49.8 Å². The van der Waals surface area contributed by atoms with Crippen molar-refractivity contribution in [3.8, 4) is 0 Å². The number of nitrogens with zero attached hydrogens (tertiary/aromatic N) is 2. The van der Waals surface area contributed by atoms with Gasteiger partial charge in [-0.2, -0.15) is 11.8 Å². The van der Waals surface area contributed by atoms with Crippen LogP contribution in [-0.4, -0.2) is 64.7 Å². The Morgan fingerprint density at radius 3 is 2.38 bits per heavy atom. The van der Waals surface area contributed by atoms with Crippen molar-refractivity contribution in [3.05, 3.63) is 35.9 Å². The van der Waals surface area contributed by atoms with Crippen LogP contribution >= 0.6 is 11.8 Å². The number of piperidine rings is 1. The fourth-order valence-corrected chi connectivity index (χ4v) is 5.94. The second-order valence-electron chi connectivity index (χ2n) is 7.64. The molecular formula is C20H30N2OS. The van der Waals surface area contributed by atoms with E-state index in [1.54, 1.807) is 0 Å². The molecule has 1 aromatic carbocycles. The molecule has 3 saturated heterocycles. The van der Waals surface area contributed by atoms with Crippen LogP contribution in [0, 0.1) is 0 Å². The molecule has 0 amide bonds. The molecule has 0 radical (unpaired) electrons. The van der Waals surface area contributed by atoms with Gasteiger partial charge in [-0.15, -0.1) is 0 Å². The molecule has 1 N–H and O–H groups in total. The first kappa shape index (κ1) is 16.9. The monoisotopic (exact) mass is 346 g/mol. The summed E-state index contributed by atoms with van der Waals surface area (Å²) in [6.45, 7) is 4.36. The third kappa shape index (κ3) is 3.26. The zero-order valence-electron chi connectivity index (χ0n) is 14.6. The summed E-state index contributed by atoms with van der Waals surface area (Å²) in [4.78, 5) is 5.26. The first-order chi connectivity index (χ1) is 11.8. The number of thioether (sulfide) groups is 1. The Hall–Kier alpha value is -0.550. The SMILES string of the molecule is O[C@]1(c2ccccc2)CCN(C2CCSCC2)C[C@H]1N1CCCC1. The zero-order chi connectivity index (χ0) is 16.4. The molecule has 0 unspecified atom stereocenters. The van der Waals surface area contributed by atoms with Gasteiger partial charge in [0.2, 0.25) is 0 Å². The molecule has 4 heteroatoms. The van der Waals surface area contributed by atoms with Gasteiger partial charge in [-0.05, 0) is 62.3 Å². The van der Waals surface area contributed by atoms with E-state index < -0.39 is 5.60 Å². The first-order valence-electron chi connectivity index (χ1n) is 9.61. The van der Waals surface area contributed by atoms with Crippen LogP contribution in [0.25, 0.3) is 0 Å². The number of rotatable bonds is 3. The molecule has 4 rings (SSSR count). The third-order valence-electron chi connectivity index (χ3n) is 6.30. The molecule has 3 aliphatic rings. The largest absolute Gasteiger partial charge is 0.383 e. The summed E-state index contributed by atoms with van der Waals surface area (Å²) in [6, 6.07) is 11.4. The number of benzene rings is 1. The van der Waals surface area contributed by atoms with Crippen LogP contribution in [0.4, 0.5) is 0 Å². The van der Waals surface area contributed by atoms with E-state index >= 15 is 0 Å². The molecule has 3 fully saturated rings. The van der Waals surface area contributed by atoms with Gasteiger partial charge in [-0.1, -0.05) is 30.3 Å². The molecule has 3 nitrogen and oxygen atoms in total. The molecule has 0 bridgehead atoms. The van der Waals surface area contributed by atoms with Gasteiger partial charge in [0.15, 0.2) is 0 Å². The van der Waals surface area contributed by atoms with Gasteiger partial charge in [0.05, 0.1) is 6.04 Å².